The Labute approximate surface area is 237 Å². The van der Waals surface area contributed by atoms with Gasteiger partial charge in [-0.15, -0.1) is 0 Å². The number of hydrogen-bond donors (Lipinski definition) is 1. The lowest BCUT2D eigenvalue weighted by Crippen LogP contribution is -2.34. The molecule has 0 bridgehead atoms. The first-order valence-electron chi connectivity index (χ1n) is 13.3. The Morgan fingerprint density at radius 2 is 1.98 bits per heavy atom. The van der Waals surface area contributed by atoms with Crippen molar-refractivity contribution in [2.45, 2.75) is 37.0 Å². The zero-order valence-corrected chi connectivity index (χ0v) is 23.9. The van der Waals surface area contributed by atoms with E-state index in [1.807, 2.05) is 0 Å². The maximum absolute atomic E-state index is 14.2. The molecule has 1 N–H and O–H groups in total. The first-order chi connectivity index (χ1) is 19.4. The van der Waals surface area contributed by atoms with E-state index in [0.717, 1.165) is 5.56 Å². The van der Waals surface area contributed by atoms with Crippen molar-refractivity contribution in [3.8, 4) is 11.1 Å². The van der Waals surface area contributed by atoms with Crippen molar-refractivity contribution in [2.24, 2.45) is 17.3 Å². The Balaban J connectivity index is 1.49. The molecule has 1 aromatic carbocycles. The maximum Gasteiger partial charge on any atom is 0.261 e. The molecular weight excluding hydrogens is 554 g/mol. The smallest absolute Gasteiger partial charge is 0.261 e. The first-order valence-corrected chi connectivity index (χ1v) is 15.2. The highest BCUT2D eigenvalue weighted by Crippen LogP contribution is 2.34. The number of carbonyl (C=O) groups is 2. The lowest BCUT2D eigenvalue weighted by molar-refractivity contribution is -0.134. The highest BCUT2D eigenvalue weighted by Gasteiger charge is 2.34. The average molecular weight is 587 g/mol. The number of ether oxygens (including phenoxy) is 1. The molecule has 2 aromatic heterocycles. The summed E-state index contributed by atoms with van der Waals surface area (Å²) in [6.45, 7) is 2.70. The number of carbonyl (C=O) groups excluding carboxylic acids is 2. The first kappa shape index (κ1) is 28.8. The molecule has 1 atom stereocenters. The third kappa shape index (κ3) is 6.30. The molecule has 0 radical (unpaired) electrons. The van der Waals surface area contributed by atoms with Gasteiger partial charge in [0.1, 0.15) is 5.82 Å². The lowest BCUT2D eigenvalue weighted by atomic mass is 9.99. The number of halogens is 2. The number of anilines is 2. The molecule has 2 aliphatic rings. The monoisotopic (exact) mass is 586 g/mol. The van der Waals surface area contributed by atoms with Gasteiger partial charge >= 0.3 is 0 Å². The molecule has 2 aliphatic heterocycles. The van der Waals surface area contributed by atoms with Crippen molar-refractivity contribution in [3.63, 3.8) is 0 Å². The van der Waals surface area contributed by atoms with Crippen LogP contribution in [-0.4, -0.2) is 69.3 Å². The largest absolute Gasteiger partial charge is 0.380 e. The van der Waals surface area contributed by atoms with Crippen LogP contribution in [0.2, 0.25) is 0 Å². The van der Waals surface area contributed by atoms with Crippen LogP contribution in [-0.2, 0) is 26.3 Å². The maximum atomic E-state index is 14.2. The van der Waals surface area contributed by atoms with Crippen molar-refractivity contribution in [1.82, 2.24) is 14.8 Å². The van der Waals surface area contributed by atoms with E-state index < -0.39 is 33.4 Å². The number of hydrogen-bond acceptors (Lipinski definition) is 7. The molecule has 3 aromatic rings. The molecular formula is C28H32F2N6O4S. The second kappa shape index (κ2) is 11.3. The van der Waals surface area contributed by atoms with Gasteiger partial charge in [0.2, 0.25) is 5.92 Å². The fraction of sp³-hybridized carbons (Fsp3) is 0.429. The quantitative estimate of drug-likeness (QED) is 0.458. The van der Waals surface area contributed by atoms with Crippen molar-refractivity contribution < 1.29 is 27.3 Å². The van der Waals surface area contributed by atoms with Gasteiger partial charge in [0.25, 0.3) is 11.8 Å². The fourth-order valence-electron chi connectivity index (χ4n) is 4.91. The Morgan fingerprint density at radius 3 is 2.66 bits per heavy atom. The molecule has 0 saturated carbocycles. The average Bonchev–Trinajstić information content (AvgIpc) is 3.21. The number of amides is 2. The fourth-order valence-corrected chi connectivity index (χ4v) is 6.18. The van der Waals surface area contributed by atoms with E-state index in [4.69, 9.17) is 4.74 Å². The molecule has 2 amide bonds. The number of nitrogens with one attached hydrogen (secondary N) is 1. The molecule has 13 heteroatoms. The number of rotatable bonds is 6. The van der Waals surface area contributed by atoms with Gasteiger partial charge in [-0.3, -0.25) is 14.3 Å². The van der Waals surface area contributed by atoms with Crippen molar-refractivity contribution in [1.29, 1.82) is 0 Å². The van der Waals surface area contributed by atoms with E-state index in [1.165, 1.54) is 12.3 Å². The zero-order chi connectivity index (χ0) is 29.4. The highest BCUT2D eigenvalue weighted by atomic mass is 32.2. The Morgan fingerprint density at radius 1 is 1.20 bits per heavy atom. The van der Waals surface area contributed by atoms with Gasteiger partial charge in [-0.1, -0.05) is 6.07 Å². The summed E-state index contributed by atoms with van der Waals surface area (Å²) >= 11 is 0. The number of aryl methyl sites for hydroxylation is 1. The van der Waals surface area contributed by atoms with Crippen LogP contribution in [0.1, 0.15) is 35.2 Å². The standard InChI is InChI=1S/C28H32F2N6O4S/c1-18-23(19-13-32-35(2)15-19)14-31-25(36-10-5-8-28(29,30)9-11-36)24(18)27(38)33-21-6-4-7-22(12-21)41(3,39)34-26(37)20-16-40-17-20/h4,6-7,12-15,20H,5,8-11,16-17H2,1-3H3,(H,33,38)/t41-/m1/s1. The topological polar surface area (TPSA) is 119 Å². The zero-order valence-electron chi connectivity index (χ0n) is 23.1. The van der Waals surface area contributed by atoms with Crippen LogP contribution < -0.4 is 10.2 Å². The van der Waals surface area contributed by atoms with Crippen LogP contribution in [0.3, 0.4) is 0 Å². The molecule has 2 saturated heterocycles. The summed E-state index contributed by atoms with van der Waals surface area (Å²) in [6.07, 6.45) is 6.20. The summed E-state index contributed by atoms with van der Waals surface area (Å²) in [4.78, 5) is 32.8. The lowest BCUT2D eigenvalue weighted by Gasteiger charge is -2.26. The summed E-state index contributed by atoms with van der Waals surface area (Å²) in [5, 5.41) is 7.08. The van der Waals surface area contributed by atoms with Gasteiger partial charge < -0.3 is 15.0 Å². The Bertz CT molecular complexity index is 1610. The Hall–Kier alpha value is -3.71. The van der Waals surface area contributed by atoms with E-state index in [2.05, 4.69) is 19.8 Å². The minimum atomic E-state index is -3.07. The van der Waals surface area contributed by atoms with Crippen molar-refractivity contribution >= 4 is 33.0 Å². The highest BCUT2D eigenvalue weighted by molar-refractivity contribution is 7.93. The summed E-state index contributed by atoms with van der Waals surface area (Å²) in [7, 11) is -1.29. The Kier molecular flexibility index (Phi) is 7.93. The second-order valence-electron chi connectivity index (χ2n) is 10.5. The van der Waals surface area contributed by atoms with Gasteiger partial charge in [0.05, 0.1) is 40.6 Å². The molecule has 0 spiro atoms. The SMILES string of the molecule is Cc1c(-c2cnn(C)c2)cnc(N2CCCC(F)(F)CC2)c1C(=O)Nc1cccc([S@@](C)(=O)=NC(=O)C2COC2)c1. The van der Waals surface area contributed by atoms with Gasteiger partial charge in [-0.05, 0) is 37.1 Å². The normalized spacial score (nSPS) is 18.6. The van der Waals surface area contributed by atoms with Crippen LogP contribution in [0, 0.1) is 12.8 Å². The van der Waals surface area contributed by atoms with Crippen LogP contribution in [0.5, 0.6) is 0 Å². The third-order valence-electron chi connectivity index (χ3n) is 7.36. The summed E-state index contributed by atoms with van der Waals surface area (Å²) in [5.41, 5.74) is 2.67. The van der Waals surface area contributed by atoms with E-state index in [-0.39, 0.29) is 49.5 Å². The third-order valence-corrected chi connectivity index (χ3v) is 9.02. The van der Waals surface area contributed by atoms with Crippen molar-refractivity contribution in [3.05, 3.63) is 54.0 Å². The van der Waals surface area contributed by atoms with Crippen LogP contribution >= 0.6 is 0 Å². The predicted octanol–water partition coefficient (Wildman–Crippen LogP) is 4.30. The minimum Gasteiger partial charge on any atom is -0.380 e. The molecule has 2 fully saturated rings. The number of benzene rings is 1. The summed E-state index contributed by atoms with van der Waals surface area (Å²) in [5.74, 6) is -3.80. The molecule has 41 heavy (non-hydrogen) atoms. The minimum absolute atomic E-state index is 0.0565. The number of alkyl halides is 2. The van der Waals surface area contributed by atoms with E-state index in [9.17, 15) is 22.6 Å². The van der Waals surface area contributed by atoms with E-state index >= 15 is 0 Å². The van der Waals surface area contributed by atoms with Gasteiger partial charge in [-0.25, -0.2) is 18.0 Å². The summed E-state index contributed by atoms with van der Waals surface area (Å²) in [6, 6.07) is 6.37. The molecule has 5 rings (SSSR count). The molecule has 4 heterocycles. The number of pyridine rings is 1. The molecule has 0 unspecified atom stereocenters. The second-order valence-corrected chi connectivity index (χ2v) is 12.8. The van der Waals surface area contributed by atoms with Gasteiger partial charge in [0.15, 0.2) is 0 Å². The van der Waals surface area contributed by atoms with Crippen molar-refractivity contribution in [2.75, 3.05) is 42.8 Å². The molecule has 10 nitrogen and oxygen atoms in total. The number of nitrogens with zero attached hydrogens (tertiary/aromatic N) is 5. The van der Waals surface area contributed by atoms with E-state index in [1.54, 1.807) is 60.3 Å². The predicted molar refractivity (Wildman–Crippen MR) is 151 cm³/mol. The molecule has 0 aliphatic carbocycles. The summed E-state index contributed by atoms with van der Waals surface area (Å²) < 4.78 is 52.2. The van der Waals surface area contributed by atoms with E-state index in [0.29, 0.717) is 29.2 Å². The number of aromatic nitrogens is 3. The van der Waals surface area contributed by atoms with Crippen LogP contribution in [0.4, 0.5) is 20.3 Å². The van der Waals surface area contributed by atoms with Gasteiger partial charge in [-0.2, -0.15) is 9.46 Å². The van der Waals surface area contributed by atoms with Crippen LogP contribution in [0.15, 0.2) is 52.1 Å². The van der Waals surface area contributed by atoms with Gasteiger partial charge in [0, 0.05) is 73.3 Å². The molecule has 218 valence electrons. The van der Waals surface area contributed by atoms with Crippen LogP contribution in [0.25, 0.3) is 11.1 Å².